The molecule has 0 spiro atoms. The molecule has 0 fully saturated rings. The SMILES string of the molecule is COc1cc(C/C=C/OC(C)=O)ccc1OC(C)=O. The molecule has 0 heterocycles. The molecule has 19 heavy (non-hydrogen) atoms. The van der Waals surface area contributed by atoms with Crippen LogP contribution in [0.25, 0.3) is 0 Å². The van der Waals surface area contributed by atoms with Crippen LogP contribution in [0.2, 0.25) is 0 Å². The Balaban J connectivity index is 2.73. The minimum atomic E-state index is -0.402. The summed E-state index contributed by atoms with van der Waals surface area (Å²) in [6, 6.07) is 5.23. The number of esters is 2. The molecule has 0 saturated heterocycles. The van der Waals surface area contributed by atoms with E-state index in [1.165, 1.54) is 27.2 Å². The Morgan fingerprint density at radius 3 is 2.47 bits per heavy atom. The van der Waals surface area contributed by atoms with Gasteiger partial charge in [-0.1, -0.05) is 6.07 Å². The molecule has 0 amide bonds. The Morgan fingerprint density at radius 2 is 1.89 bits per heavy atom. The fourth-order valence-corrected chi connectivity index (χ4v) is 1.41. The van der Waals surface area contributed by atoms with Crippen molar-refractivity contribution in [3.63, 3.8) is 0 Å². The van der Waals surface area contributed by atoms with Gasteiger partial charge >= 0.3 is 11.9 Å². The molecule has 5 heteroatoms. The molecular formula is C14H16O5. The number of carbonyl (C=O) groups is 2. The molecular weight excluding hydrogens is 248 g/mol. The Labute approximate surface area is 111 Å². The molecule has 0 unspecified atom stereocenters. The lowest BCUT2D eigenvalue weighted by molar-refractivity contribution is -0.135. The molecule has 1 aromatic carbocycles. The van der Waals surface area contributed by atoms with Crippen LogP contribution in [0.5, 0.6) is 11.5 Å². The summed E-state index contributed by atoms with van der Waals surface area (Å²) in [5.41, 5.74) is 0.941. The highest BCUT2D eigenvalue weighted by Gasteiger charge is 2.07. The van der Waals surface area contributed by atoms with E-state index in [2.05, 4.69) is 4.74 Å². The van der Waals surface area contributed by atoms with E-state index in [-0.39, 0.29) is 5.97 Å². The quantitative estimate of drug-likeness (QED) is 0.463. The number of carbonyl (C=O) groups excluding carboxylic acids is 2. The summed E-state index contributed by atoms with van der Waals surface area (Å²) >= 11 is 0. The molecule has 0 N–H and O–H groups in total. The van der Waals surface area contributed by atoms with Crippen LogP contribution in [0, 0.1) is 0 Å². The van der Waals surface area contributed by atoms with Crippen LogP contribution < -0.4 is 9.47 Å². The van der Waals surface area contributed by atoms with Crippen molar-refractivity contribution in [3.05, 3.63) is 36.1 Å². The van der Waals surface area contributed by atoms with Crippen molar-refractivity contribution in [2.45, 2.75) is 20.3 Å². The molecule has 0 radical (unpaired) electrons. The highest BCUT2D eigenvalue weighted by molar-refractivity contribution is 5.70. The van der Waals surface area contributed by atoms with Gasteiger partial charge < -0.3 is 14.2 Å². The van der Waals surface area contributed by atoms with Crippen molar-refractivity contribution in [1.82, 2.24) is 0 Å². The highest BCUT2D eigenvalue weighted by Crippen LogP contribution is 2.28. The van der Waals surface area contributed by atoms with Gasteiger partial charge in [-0.25, -0.2) is 0 Å². The molecule has 5 nitrogen and oxygen atoms in total. The van der Waals surface area contributed by atoms with Crippen molar-refractivity contribution in [2.24, 2.45) is 0 Å². The third-order valence-electron chi connectivity index (χ3n) is 2.17. The summed E-state index contributed by atoms with van der Waals surface area (Å²) in [4.78, 5) is 21.5. The lowest BCUT2D eigenvalue weighted by atomic mass is 10.1. The van der Waals surface area contributed by atoms with Crippen molar-refractivity contribution in [1.29, 1.82) is 0 Å². The van der Waals surface area contributed by atoms with Crippen molar-refractivity contribution < 1.29 is 23.8 Å². The zero-order valence-electron chi connectivity index (χ0n) is 11.1. The minimum Gasteiger partial charge on any atom is -0.493 e. The van der Waals surface area contributed by atoms with E-state index >= 15 is 0 Å². The number of benzene rings is 1. The van der Waals surface area contributed by atoms with E-state index in [0.717, 1.165) is 5.56 Å². The third kappa shape index (κ3) is 5.25. The van der Waals surface area contributed by atoms with E-state index in [0.29, 0.717) is 17.9 Å². The Hall–Kier alpha value is -2.30. The number of ether oxygens (including phenoxy) is 3. The van der Waals surface area contributed by atoms with Crippen LogP contribution >= 0.6 is 0 Å². The van der Waals surface area contributed by atoms with Gasteiger partial charge in [0.2, 0.25) is 0 Å². The van der Waals surface area contributed by atoms with Crippen LogP contribution in [0.15, 0.2) is 30.5 Å². The Bertz CT molecular complexity index is 491. The molecule has 0 saturated carbocycles. The van der Waals surface area contributed by atoms with Gasteiger partial charge in [0.15, 0.2) is 11.5 Å². The maximum absolute atomic E-state index is 10.9. The first kappa shape index (κ1) is 14.8. The topological polar surface area (TPSA) is 61.8 Å². The largest absolute Gasteiger partial charge is 0.493 e. The smallest absolute Gasteiger partial charge is 0.308 e. The molecule has 0 aliphatic heterocycles. The summed E-state index contributed by atoms with van der Waals surface area (Å²) in [6.45, 7) is 2.66. The summed E-state index contributed by atoms with van der Waals surface area (Å²) < 4.78 is 14.8. The monoisotopic (exact) mass is 264 g/mol. The second-order valence-electron chi connectivity index (χ2n) is 3.76. The lowest BCUT2D eigenvalue weighted by Crippen LogP contribution is -2.03. The Kier molecular flexibility index (Phi) is 5.60. The van der Waals surface area contributed by atoms with Gasteiger partial charge in [-0.3, -0.25) is 9.59 Å². The van der Waals surface area contributed by atoms with Gasteiger partial charge in [-0.15, -0.1) is 0 Å². The molecule has 0 aliphatic rings. The van der Waals surface area contributed by atoms with E-state index in [1.54, 1.807) is 24.3 Å². The summed E-state index contributed by atoms with van der Waals surface area (Å²) in [5, 5.41) is 0. The van der Waals surface area contributed by atoms with Gasteiger partial charge in [0.25, 0.3) is 0 Å². The zero-order valence-corrected chi connectivity index (χ0v) is 11.1. The molecule has 0 bridgehead atoms. The van der Waals surface area contributed by atoms with E-state index in [9.17, 15) is 9.59 Å². The zero-order chi connectivity index (χ0) is 14.3. The third-order valence-corrected chi connectivity index (χ3v) is 2.17. The van der Waals surface area contributed by atoms with Crippen molar-refractivity contribution in [3.8, 4) is 11.5 Å². The first-order chi connectivity index (χ1) is 9.02. The second kappa shape index (κ2) is 7.20. The van der Waals surface area contributed by atoms with E-state index in [1.807, 2.05) is 0 Å². The van der Waals surface area contributed by atoms with Gasteiger partial charge in [0, 0.05) is 13.8 Å². The highest BCUT2D eigenvalue weighted by atomic mass is 16.6. The second-order valence-corrected chi connectivity index (χ2v) is 3.76. The lowest BCUT2D eigenvalue weighted by Gasteiger charge is -2.09. The summed E-state index contributed by atoms with van der Waals surface area (Å²) in [6.07, 6.45) is 3.63. The predicted molar refractivity (Wildman–Crippen MR) is 68.9 cm³/mol. The average molecular weight is 264 g/mol. The van der Waals surface area contributed by atoms with Gasteiger partial charge in [-0.05, 0) is 30.2 Å². The first-order valence-electron chi connectivity index (χ1n) is 5.70. The number of hydrogen-bond donors (Lipinski definition) is 0. The number of rotatable bonds is 5. The minimum absolute atomic E-state index is 0.362. The van der Waals surface area contributed by atoms with Crippen molar-refractivity contribution >= 4 is 11.9 Å². The van der Waals surface area contributed by atoms with E-state index in [4.69, 9.17) is 9.47 Å². The number of allylic oxidation sites excluding steroid dienone is 1. The van der Waals surface area contributed by atoms with Gasteiger partial charge in [0.05, 0.1) is 13.4 Å². The molecule has 0 aliphatic carbocycles. The maximum Gasteiger partial charge on any atom is 0.308 e. The molecule has 1 rings (SSSR count). The van der Waals surface area contributed by atoms with Crippen molar-refractivity contribution in [2.75, 3.05) is 7.11 Å². The standard InChI is InChI=1S/C14H16O5/c1-10(15)18-8-4-5-12-6-7-13(19-11(2)16)14(9-12)17-3/h4,6-9H,5H2,1-3H3/b8-4+. The average Bonchev–Trinajstić information content (AvgIpc) is 2.35. The van der Waals surface area contributed by atoms with Gasteiger partial charge in [-0.2, -0.15) is 0 Å². The Morgan fingerprint density at radius 1 is 1.16 bits per heavy atom. The van der Waals surface area contributed by atoms with Crippen LogP contribution in [-0.4, -0.2) is 19.0 Å². The van der Waals surface area contributed by atoms with Crippen LogP contribution in [0.3, 0.4) is 0 Å². The fourth-order valence-electron chi connectivity index (χ4n) is 1.41. The van der Waals surface area contributed by atoms with E-state index < -0.39 is 5.97 Å². The fraction of sp³-hybridized carbons (Fsp3) is 0.286. The first-order valence-corrected chi connectivity index (χ1v) is 5.70. The molecule has 1 aromatic rings. The van der Waals surface area contributed by atoms with Crippen LogP contribution in [-0.2, 0) is 20.7 Å². The van der Waals surface area contributed by atoms with Gasteiger partial charge in [0.1, 0.15) is 0 Å². The summed E-state index contributed by atoms with van der Waals surface area (Å²) in [5.74, 6) is 0.0937. The maximum atomic E-state index is 10.9. The molecule has 0 aromatic heterocycles. The molecule has 0 atom stereocenters. The predicted octanol–water partition coefficient (Wildman–Crippen LogP) is 2.24. The van der Waals surface area contributed by atoms with Crippen LogP contribution in [0.1, 0.15) is 19.4 Å². The van der Waals surface area contributed by atoms with Crippen LogP contribution in [0.4, 0.5) is 0 Å². The normalized spacial score (nSPS) is 10.3. The summed E-state index contributed by atoms with van der Waals surface area (Å²) in [7, 11) is 1.50. The number of hydrogen-bond acceptors (Lipinski definition) is 5. The molecule has 102 valence electrons. The number of methoxy groups -OCH3 is 1.